The van der Waals surface area contributed by atoms with Gasteiger partial charge in [0.2, 0.25) is 0 Å². The molecular weight excluding hydrogens is 240 g/mol. The number of hydrogen-bond donors (Lipinski definition) is 2. The lowest BCUT2D eigenvalue weighted by molar-refractivity contribution is -0.139. The van der Waals surface area contributed by atoms with Crippen LogP contribution in [0.5, 0.6) is 0 Å². The second-order valence-corrected chi connectivity index (χ2v) is 4.26. The lowest BCUT2D eigenvalue weighted by atomic mass is 10.6. The molecule has 0 saturated heterocycles. The van der Waals surface area contributed by atoms with Crippen LogP contribution >= 0.6 is 0 Å². The average Bonchev–Trinajstić information content (AvgIpc) is 2.00. The van der Waals surface area contributed by atoms with Gasteiger partial charge in [0, 0.05) is 0 Å². The second kappa shape index (κ2) is 4.98. The third-order valence-corrected chi connectivity index (χ3v) is 2.64. The predicted octanol–water partition coefficient (Wildman–Crippen LogP) is -0.990. The van der Waals surface area contributed by atoms with Crippen molar-refractivity contribution in [2.75, 3.05) is 13.1 Å². The Hall–Kier alpha value is -1.29. The minimum Gasteiger partial charge on any atom is -0.480 e. The molecule has 0 aromatic heterocycles. The van der Waals surface area contributed by atoms with Gasteiger partial charge in [0.15, 0.2) is 0 Å². The van der Waals surface area contributed by atoms with E-state index in [9.17, 15) is 26.8 Å². The molecule has 0 aliphatic heterocycles. The Bertz CT molecular complexity index is 337. The number of carboxylic acids is 2. The second-order valence-electron chi connectivity index (χ2n) is 2.36. The number of hydrogen-bond acceptors (Lipinski definition) is 4. The van der Waals surface area contributed by atoms with Crippen molar-refractivity contribution >= 4 is 22.0 Å². The molecule has 0 amide bonds. The Morgan fingerprint density at radius 3 is 1.67 bits per heavy atom. The molecule has 15 heavy (non-hydrogen) atoms. The Morgan fingerprint density at radius 2 is 1.47 bits per heavy atom. The van der Waals surface area contributed by atoms with Crippen molar-refractivity contribution in [2.45, 2.75) is 5.76 Å². The van der Waals surface area contributed by atoms with Gasteiger partial charge in [-0.25, -0.2) is 8.42 Å². The van der Waals surface area contributed by atoms with Crippen molar-refractivity contribution in [1.82, 2.24) is 4.31 Å². The van der Waals surface area contributed by atoms with Gasteiger partial charge >= 0.3 is 17.7 Å². The van der Waals surface area contributed by atoms with Crippen molar-refractivity contribution in [3.05, 3.63) is 0 Å². The minimum absolute atomic E-state index is 0.317. The van der Waals surface area contributed by atoms with Crippen LogP contribution in [-0.4, -0.2) is 53.7 Å². The zero-order chi connectivity index (χ0) is 12.2. The summed E-state index contributed by atoms with van der Waals surface area (Å²) in [6.45, 7) is -2.64. The van der Waals surface area contributed by atoms with E-state index in [2.05, 4.69) is 0 Å². The summed E-state index contributed by atoms with van der Waals surface area (Å²) in [6.07, 6.45) is 0. The number of alkyl halides is 2. The lowest BCUT2D eigenvalue weighted by Crippen LogP contribution is -2.42. The molecule has 0 heterocycles. The summed E-state index contributed by atoms with van der Waals surface area (Å²) in [5.74, 6) is -7.29. The summed E-state index contributed by atoms with van der Waals surface area (Å²) in [7, 11) is -5.19. The first-order chi connectivity index (χ1) is 6.67. The molecule has 7 nitrogen and oxygen atoms in total. The number of sulfonamides is 1. The molecule has 0 unspecified atom stereocenters. The topological polar surface area (TPSA) is 112 Å². The molecule has 0 rings (SSSR count). The van der Waals surface area contributed by atoms with E-state index in [4.69, 9.17) is 10.2 Å². The van der Waals surface area contributed by atoms with Crippen molar-refractivity contribution in [3.63, 3.8) is 0 Å². The predicted molar refractivity (Wildman–Crippen MR) is 41.8 cm³/mol. The summed E-state index contributed by atoms with van der Waals surface area (Å²) < 4.78 is 45.1. The number of carbonyl (C=O) groups is 2. The third-order valence-electron chi connectivity index (χ3n) is 1.21. The molecule has 0 saturated carbocycles. The number of rotatable bonds is 6. The van der Waals surface area contributed by atoms with Gasteiger partial charge in [0.25, 0.3) is 10.0 Å². The zero-order valence-corrected chi connectivity index (χ0v) is 7.95. The van der Waals surface area contributed by atoms with Gasteiger partial charge in [-0.3, -0.25) is 9.59 Å². The van der Waals surface area contributed by atoms with Gasteiger partial charge in [-0.05, 0) is 0 Å². The van der Waals surface area contributed by atoms with Crippen molar-refractivity contribution < 1.29 is 37.0 Å². The summed E-state index contributed by atoms with van der Waals surface area (Å²) in [4.78, 5) is 20.2. The molecule has 0 aliphatic rings. The van der Waals surface area contributed by atoms with Gasteiger partial charge in [0.1, 0.15) is 13.1 Å². The van der Waals surface area contributed by atoms with Gasteiger partial charge in [-0.15, -0.1) is 0 Å². The summed E-state index contributed by atoms with van der Waals surface area (Å²) >= 11 is 0. The summed E-state index contributed by atoms with van der Waals surface area (Å²) in [5, 5.41) is 16.4. The van der Waals surface area contributed by atoms with Crippen LogP contribution in [0.4, 0.5) is 8.78 Å². The highest BCUT2D eigenvalue weighted by atomic mass is 32.2. The molecule has 0 aromatic carbocycles. The monoisotopic (exact) mass is 247 g/mol. The van der Waals surface area contributed by atoms with Gasteiger partial charge in [-0.2, -0.15) is 13.1 Å². The highest BCUT2D eigenvalue weighted by Gasteiger charge is 2.34. The largest absolute Gasteiger partial charge is 0.480 e. The molecule has 10 heteroatoms. The Balaban J connectivity index is 4.93. The number of halogens is 2. The van der Waals surface area contributed by atoms with Crippen molar-refractivity contribution in [3.8, 4) is 0 Å². The molecule has 0 atom stereocenters. The Labute approximate surface area is 83.0 Å². The molecule has 0 bridgehead atoms. The maximum atomic E-state index is 11.9. The van der Waals surface area contributed by atoms with Gasteiger partial charge in [0.05, 0.1) is 0 Å². The van der Waals surface area contributed by atoms with E-state index in [0.29, 0.717) is 0 Å². The first-order valence-electron chi connectivity index (χ1n) is 3.38. The average molecular weight is 247 g/mol. The van der Waals surface area contributed by atoms with Gasteiger partial charge < -0.3 is 10.2 Å². The summed E-state index contributed by atoms with van der Waals surface area (Å²) in [5.41, 5.74) is 0. The van der Waals surface area contributed by atoms with Crippen LogP contribution in [0.2, 0.25) is 0 Å². The number of nitrogens with zero attached hydrogens (tertiary/aromatic N) is 1. The molecule has 0 spiro atoms. The van der Waals surface area contributed by atoms with Crippen LogP contribution in [0.15, 0.2) is 0 Å². The standard InChI is InChI=1S/C5H7F2NO6S/c6-5(7)15(13,14)8(1-3(9)10)2-4(11)12/h5H,1-2H2,(H,9,10)(H,11,12). The molecule has 88 valence electrons. The van der Waals surface area contributed by atoms with Crippen LogP contribution < -0.4 is 0 Å². The zero-order valence-electron chi connectivity index (χ0n) is 7.13. The smallest absolute Gasteiger partial charge is 0.350 e. The van der Waals surface area contributed by atoms with Crippen LogP contribution in [-0.2, 0) is 19.6 Å². The maximum absolute atomic E-state index is 11.9. The normalized spacial score (nSPS) is 12.0. The lowest BCUT2D eigenvalue weighted by Gasteiger charge is -2.16. The highest BCUT2D eigenvalue weighted by molar-refractivity contribution is 7.89. The van der Waals surface area contributed by atoms with E-state index in [-0.39, 0.29) is 4.31 Å². The van der Waals surface area contributed by atoms with E-state index < -0.39 is 40.8 Å². The fraction of sp³-hybridized carbons (Fsp3) is 0.600. The van der Waals surface area contributed by atoms with Crippen LogP contribution in [0, 0.1) is 0 Å². The van der Waals surface area contributed by atoms with Gasteiger partial charge in [-0.1, -0.05) is 0 Å². The Kier molecular flexibility index (Phi) is 4.55. The molecule has 0 fully saturated rings. The van der Waals surface area contributed by atoms with Crippen LogP contribution in [0.3, 0.4) is 0 Å². The van der Waals surface area contributed by atoms with Crippen molar-refractivity contribution in [1.29, 1.82) is 0 Å². The fourth-order valence-corrected chi connectivity index (χ4v) is 1.46. The summed E-state index contributed by atoms with van der Waals surface area (Å²) in [6, 6.07) is 0. The highest BCUT2D eigenvalue weighted by Crippen LogP contribution is 2.11. The van der Waals surface area contributed by atoms with E-state index in [0.717, 1.165) is 0 Å². The quantitative estimate of drug-likeness (QED) is 0.623. The fourth-order valence-electron chi connectivity index (χ4n) is 0.650. The van der Waals surface area contributed by atoms with Crippen LogP contribution in [0.25, 0.3) is 0 Å². The van der Waals surface area contributed by atoms with E-state index in [1.807, 2.05) is 0 Å². The van der Waals surface area contributed by atoms with Crippen molar-refractivity contribution in [2.24, 2.45) is 0 Å². The maximum Gasteiger partial charge on any atom is 0.350 e. The number of aliphatic carboxylic acids is 2. The molecule has 0 radical (unpaired) electrons. The molecule has 0 aliphatic carbocycles. The SMILES string of the molecule is O=C(O)CN(CC(=O)O)S(=O)(=O)C(F)F. The minimum atomic E-state index is -5.19. The molecular formula is C5H7F2NO6S. The first-order valence-corrected chi connectivity index (χ1v) is 4.89. The number of carboxylic acid groups (broad SMARTS) is 2. The van der Waals surface area contributed by atoms with E-state index in [1.54, 1.807) is 0 Å². The third kappa shape index (κ3) is 4.16. The van der Waals surface area contributed by atoms with E-state index >= 15 is 0 Å². The molecule has 0 aromatic rings. The van der Waals surface area contributed by atoms with Crippen LogP contribution in [0.1, 0.15) is 0 Å². The van der Waals surface area contributed by atoms with E-state index in [1.165, 1.54) is 0 Å². The Morgan fingerprint density at radius 1 is 1.13 bits per heavy atom. The first kappa shape index (κ1) is 13.7. The molecule has 2 N–H and O–H groups in total.